The van der Waals surface area contributed by atoms with E-state index < -0.39 is 12.6 Å². The van der Waals surface area contributed by atoms with Crippen LogP contribution in [0, 0.1) is 0 Å². The Hall–Kier alpha value is -2.22. The first kappa shape index (κ1) is 23.1. The smallest absolute Gasteiger partial charge is 0.213 e. The van der Waals surface area contributed by atoms with Crippen molar-refractivity contribution in [2.45, 2.75) is 65.3 Å². The van der Waals surface area contributed by atoms with Gasteiger partial charge in [0.2, 0.25) is 11.8 Å². The Bertz CT molecular complexity index is 677. The van der Waals surface area contributed by atoms with Crippen LogP contribution in [0.2, 0.25) is 0 Å². The van der Waals surface area contributed by atoms with E-state index in [1.165, 1.54) is 0 Å². The van der Waals surface area contributed by atoms with Crippen LogP contribution in [-0.2, 0) is 27.1 Å². The van der Waals surface area contributed by atoms with Crippen LogP contribution < -0.4 is 9.47 Å². The normalized spacial score (nSPS) is 13.5. The molecule has 0 aromatic carbocycles. The van der Waals surface area contributed by atoms with Crippen molar-refractivity contribution in [3.63, 3.8) is 0 Å². The van der Waals surface area contributed by atoms with Gasteiger partial charge in [-0.2, -0.15) is 0 Å². The number of pyridine rings is 2. The topological polar surface area (TPSA) is 71.9 Å². The first-order valence-corrected chi connectivity index (χ1v) is 9.83. The van der Waals surface area contributed by atoms with E-state index in [0.29, 0.717) is 24.6 Å². The van der Waals surface area contributed by atoms with Gasteiger partial charge in [-0.3, -0.25) is 0 Å². The third-order valence-corrected chi connectivity index (χ3v) is 3.95. The minimum Gasteiger partial charge on any atom is -0.475 e. The van der Waals surface area contributed by atoms with Gasteiger partial charge in [0, 0.05) is 51.6 Å². The number of hydrogen-bond acceptors (Lipinski definition) is 7. The highest BCUT2D eigenvalue weighted by Crippen LogP contribution is 2.18. The fraction of sp³-hybridized carbons (Fsp3) is 0.545. The number of rotatable bonds is 12. The molecule has 0 fully saturated rings. The van der Waals surface area contributed by atoms with Crippen LogP contribution >= 0.6 is 0 Å². The minimum absolute atomic E-state index is 0.0648. The summed E-state index contributed by atoms with van der Waals surface area (Å²) in [6.07, 6.45) is 3.73. The highest BCUT2D eigenvalue weighted by molar-refractivity contribution is 5.22. The minimum atomic E-state index is -0.470. The predicted molar refractivity (Wildman–Crippen MR) is 110 cm³/mol. The molecular weight excluding hydrogens is 372 g/mol. The third-order valence-electron chi connectivity index (χ3n) is 3.95. The Morgan fingerprint density at radius 1 is 0.724 bits per heavy atom. The highest BCUT2D eigenvalue weighted by Gasteiger charge is 2.18. The molecule has 0 N–H and O–H groups in total. The number of hydrogen-bond donors (Lipinski definition) is 0. The lowest BCUT2D eigenvalue weighted by atomic mass is 10.2. The number of nitrogens with zero attached hydrogens (tertiary/aromatic N) is 2. The molecule has 7 nitrogen and oxygen atoms in total. The molecule has 2 heterocycles. The molecule has 7 heteroatoms. The van der Waals surface area contributed by atoms with E-state index >= 15 is 0 Å². The SMILES string of the molecule is COC(Cc1ccnc(OC(C)C)c1)OC(Cc1ccnc(OC(C)C)c1)OC. The molecule has 2 unspecified atom stereocenters. The van der Waals surface area contributed by atoms with Gasteiger partial charge in [0.15, 0.2) is 12.6 Å². The Labute approximate surface area is 173 Å². The van der Waals surface area contributed by atoms with Gasteiger partial charge in [0.05, 0.1) is 12.2 Å². The van der Waals surface area contributed by atoms with Crippen LogP contribution in [0.25, 0.3) is 0 Å². The van der Waals surface area contributed by atoms with Crippen LogP contribution in [0.15, 0.2) is 36.7 Å². The second-order valence-electron chi connectivity index (χ2n) is 7.21. The molecule has 0 spiro atoms. The van der Waals surface area contributed by atoms with Gasteiger partial charge >= 0.3 is 0 Å². The molecule has 0 saturated heterocycles. The van der Waals surface area contributed by atoms with Gasteiger partial charge in [-0.15, -0.1) is 0 Å². The molecule has 2 aromatic heterocycles. The van der Waals surface area contributed by atoms with E-state index in [2.05, 4.69) is 9.97 Å². The summed E-state index contributed by atoms with van der Waals surface area (Å²) in [4.78, 5) is 8.46. The van der Waals surface area contributed by atoms with Gasteiger partial charge < -0.3 is 23.7 Å². The Morgan fingerprint density at radius 2 is 1.14 bits per heavy atom. The molecular formula is C22H32N2O5. The molecule has 160 valence electrons. The second kappa shape index (κ2) is 11.7. The van der Waals surface area contributed by atoms with E-state index in [0.717, 1.165) is 11.1 Å². The summed E-state index contributed by atoms with van der Waals surface area (Å²) in [5, 5.41) is 0. The van der Waals surface area contributed by atoms with Crippen LogP contribution in [0.1, 0.15) is 38.8 Å². The van der Waals surface area contributed by atoms with E-state index in [4.69, 9.17) is 23.7 Å². The van der Waals surface area contributed by atoms with Crippen LogP contribution in [0.3, 0.4) is 0 Å². The van der Waals surface area contributed by atoms with Gasteiger partial charge in [-0.1, -0.05) is 0 Å². The van der Waals surface area contributed by atoms with Crippen molar-refractivity contribution >= 4 is 0 Å². The molecule has 2 rings (SSSR count). The first-order chi connectivity index (χ1) is 13.9. The maximum absolute atomic E-state index is 6.03. The maximum Gasteiger partial charge on any atom is 0.213 e. The lowest BCUT2D eigenvalue weighted by Crippen LogP contribution is -2.28. The van der Waals surface area contributed by atoms with Crippen molar-refractivity contribution in [1.29, 1.82) is 0 Å². The lowest BCUT2D eigenvalue weighted by Gasteiger charge is -2.23. The van der Waals surface area contributed by atoms with Crippen molar-refractivity contribution in [3.8, 4) is 11.8 Å². The molecule has 0 aliphatic heterocycles. The van der Waals surface area contributed by atoms with Crippen molar-refractivity contribution in [1.82, 2.24) is 9.97 Å². The molecule has 0 amide bonds. The fourth-order valence-corrected chi connectivity index (χ4v) is 2.69. The van der Waals surface area contributed by atoms with Gasteiger partial charge in [0.1, 0.15) is 0 Å². The van der Waals surface area contributed by atoms with Crippen molar-refractivity contribution < 1.29 is 23.7 Å². The predicted octanol–water partition coefficient (Wildman–Crippen LogP) is 3.80. The van der Waals surface area contributed by atoms with Crippen molar-refractivity contribution in [2.24, 2.45) is 0 Å². The summed E-state index contributed by atoms with van der Waals surface area (Å²) in [7, 11) is 3.23. The maximum atomic E-state index is 6.03. The quantitative estimate of drug-likeness (QED) is 0.498. The summed E-state index contributed by atoms with van der Waals surface area (Å²) < 4.78 is 28.4. The molecule has 29 heavy (non-hydrogen) atoms. The third kappa shape index (κ3) is 8.35. The standard InChI is InChI=1S/C22H32N2O5/c1-15(2)27-19-11-17(7-9-23-19)13-21(25-5)29-22(26-6)14-18-8-10-24-20(12-18)28-16(3)4/h7-12,15-16,21-22H,13-14H2,1-6H3. The van der Waals surface area contributed by atoms with E-state index in [1.54, 1.807) is 26.6 Å². The number of aromatic nitrogens is 2. The lowest BCUT2D eigenvalue weighted by molar-refractivity contribution is -0.227. The van der Waals surface area contributed by atoms with Crippen LogP contribution in [-0.4, -0.2) is 49.0 Å². The largest absolute Gasteiger partial charge is 0.475 e. The molecule has 0 bridgehead atoms. The fourth-order valence-electron chi connectivity index (χ4n) is 2.69. The molecule has 0 radical (unpaired) electrons. The molecule has 0 aliphatic rings. The van der Waals surface area contributed by atoms with Gasteiger partial charge in [0.25, 0.3) is 0 Å². The highest BCUT2D eigenvalue weighted by atomic mass is 16.8. The monoisotopic (exact) mass is 404 g/mol. The Kier molecular flexibility index (Phi) is 9.31. The molecule has 2 atom stereocenters. The summed E-state index contributed by atoms with van der Waals surface area (Å²) in [6, 6.07) is 7.64. The average Bonchev–Trinajstić information content (AvgIpc) is 2.66. The van der Waals surface area contributed by atoms with Gasteiger partial charge in [-0.25, -0.2) is 9.97 Å². The summed E-state index contributed by atoms with van der Waals surface area (Å²) in [6.45, 7) is 7.87. The zero-order chi connectivity index (χ0) is 21.2. The molecule has 0 aliphatic carbocycles. The van der Waals surface area contributed by atoms with E-state index in [1.807, 2.05) is 52.0 Å². The molecule has 2 aromatic rings. The zero-order valence-corrected chi connectivity index (χ0v) is 18.1. The number of ether oxygens (including phenoxy) is 5. The van der Waals surface area contributed by atoms with Crippen LogP contribution in [0.5, 0.6) is 11.8 Å². The van der Waals surface area contributed by atoms with E-state index in [9.17, 15) is 0 Å². The molecule has 0 saturated carbocycles. The van der Waals surface area contributed by atoms with Gasteiger partial charge in [-0.05, 0) is 51.0 Å². The average molecular weight is 405 g/mol. The number of methoxy groups -OCH3 is 2. The summed E-state index contributed by atoms with van der Waals surface area (Å²) >= 11 is 0. The zero-order valence-electron chi connectivity index (χ0n) is 18.1. The Balaban J connectivity index is 1.99. The van der Waals surface area contributed by atoms with Crippen molar-refractivity contribution in [2.75, 3.05) is 14.2 Å². The van der Waals surface area contributed by atoms with Crippen molar-refractivity contribution in [3.05, 3.63) is 47.8 Å². The van der Waals surface area contributed by atoms with E-state index in [-0.39, 0.29) is 12.2 Å². The van der Waals surface area contributed by atoms with Crippen LogP contribution in [0.4, 0.5) is 0 Å². The summed E-state index contributed by atoms with van der Waals surface area (Å²) in [5.41, 5.74) is 2.02. The first-order valence-electron chi connectivity index (χ1n) is 9.83. The second-order valence-corrected chi connectivity index (χ2v) is 7.21. The summed E-state index contributed by atoms with van der Waals surface area (Å²) in [5.74, 6) is 1.18. The Morgan fingerprint density at radius 3 is 1.48 bits per heavy atom.